The van der Waals surface area contributed by atoms with Gasteiger partial charge in [-0.15, -0.1) is 0 Å². The second-order valence-electron chi connectivity index (χ2n) is 4.06. The van der Waals surface area contributed by atoms with Crippen molar-refractivity contribution in [1.29, 1.82) is 0 Å². The van der Waals surface area contributed by atoms with Crippen LogP contribution in [-0.2, 0) is 6.61 Å². The van der Waals surface area contributed by atoms with E-state index in [2.05, 4.69) is 4.98 Å². The Morgan fingerprint density at radius 2 is 2.05 bits per heavy atom. The third-order valence-corrected chi connectivity index (χ3v) is 3.58. The van der Waals surface area contributed by atoms with Crippen LogP contribution in [0.2, 0.25) is 0 Å². The predicted molar refractivity (Wildman–Crippen MR) is 74.8 cm³/mol. The fourth-order valence-electron chi connectivity index (χ4n) is 1.79. The molecule has 0 unspecified atom stereocenters. The molecule has 0 saturated heterocycles. The van der Waals surface area contributed by atoms with Crippen LogP contribution in [0, 0.1) is 5.82 Å². The Labute approximate surface area is 113 Å². The Hall–Kier alpha value is -2.14. The number of benzene rings is 2. The molecule has 0 saturated carbocycles. The SMILES string of the molecule is Nc1nc2ccc(OCc3ccccc3F)cc2s1. The first-order valence-electron chi connectivity index (χ1n) is 5.74. The summed E-state index contributed by atoms with van der Waals surface area (Å²) in [5.74, 6) is 0.421. The van der Waals surface area contributed by atoms with E-state index < -0.39 is 0 Å². The van der Waals surface area contributed by atoms with Gasteiger partial charge in [0.2, 0.25) is 0 Å². The highest BCUT2D eigenvalue weighted by Gasteiger charge is 2.05. The van der Waals surface area contributed by atoms with Gasteiger partial charge < -0.3 is 10.5 Å². The first-order chi connectivity index (χ1) is 9.22. The van der Waals surface area contributed by atoms with Gasteiger partial charge in [-0.2, -0.15) is 0 Å². The largest absolute Gasteiger partial charge is 0.489 e. The molecule has 0 bridgehead atoms. The lowest BCUT2D eigenvalue weighted by Gasteiger charge is -2.06. The first-order valence-corrected chi connectivity index (χ1v) is 6.56. The van der Waals surface area contributed by atoms with Crippen molar-refractivity contribution in [3.05, 3.63) is 53.8 Å². The van der Waals surface area contributed by atoms with Gasteiger partial charge in [0.05, 0.1) is 10.2 Å². The summed E-state index contributed by atoms with van der Waals surface area (Å²) < 4.78 is 20.0. The Morgan fingerprint density at radius 3 is 2.89 bits per heavy atom. The number of hydrogen-bond acceptors (Lipinski definition) is 4. The van der Waals surface area contributed by atoms with Gasteiger partial charge >= 0.3 is 0 Å². The number of hydrogen-bond donors (Lipinski definition) is 1. The molecule has 5 heteroatoms. The minimum Gasteiger partial charge on any atom is -0.489 e. The van der Waals surface area contributed by atoms with Crippen LogP contribution >= 0.6 is 11.3 Å². The van der Waals surface area contributed by atoms with Crippen LogP contribution < -0.4 is 10.5 Å². The van der Waals surface area contributed by atoms with E-state index in [0.717, 1.165) is 10.2 Å². The molecule has 1 aromatic heterocycles. The van der Waals surface area contributed by atoms with Crippen LogP contribution in [0.5, 0.6) is 5.75 Å². The number of anilines is 1. The van der Waals surface area contributed by atoms with Gasteiger partial charge in [0.15, 0.2) is 5.13 Å². The minimum absolute atomic E-state index is 0.201. The zero-order valence-electron chi connectivity index (χ0n) is 9.97. The lowest BCUT2D eigenvalue weighted by atomic mass is 10.2. The van der Waals surface area contributed by atoms with E-state index >= 15 is 0 Å². The van der Waals surface area contributed by atoms with Gasteiger partial charge in [-0.25, -0.2) is 9.37 Å². The second kappa shape index (κ2) is 4.85. The Morgan fingerprint density at radius 1 is 1.21 bits per heavy atom. The molecule has 0 aliphatic carbocycles. The van der Waals surface area contributed by atoms with E-state index in [1.165, 1.54) is 17.4 Å². The monoisotopic (exact) mass is 274 g/mol. The van der Waals surface area contributed by atoms with Crippen LogP contribution in [-0.4, -0.2) is 4.98 Å². The van der Waals surface area contributed by atoms with Crippen LogP contribution in [0.15, 0.2) is 42.5 Å². The number of nitrogens with two attached hydrogens (primary N) is 1. The average Bonchev–Trinajstić information content (AvgIpc) is 2.77. The number of aromatic nitrogens is 1. The third kappa shape index (κ3) is 2.51. The van der Waals surface area contributed by atoms with Crippen LogP contribution in [0.4, 0.5) is 9.52 Å². The van der Waals surface area contributed by atoms with Crippen molar-refractivity contribution in [2.45, 2.75) is 6.61 Å². The Kier molecular flexibility index (Phi) is 3.05. The lowest BCUT2D eigenvalue weighted by molar-refractivity contribution is 0.300. The summed E-state index contributed by atoms with van der Waals surface area (Å²) in [6, 6.07) is 12.1. The van der Waals surface area contributed by atoms with Crippen molar-refractivity contribution in [1.82, 2.24) is 4.98 Å². The van der Waals surface area contributed by atoms with Crippen molar-refractivity contribution in [2.75, 3.05) is 5.73 Å². The topological polar surface area (TPSA) is 48.1 Å². The van der Waals surface area contributed by atoms with Gasteiger partial charge in [-0.1, -0.05) is 29.5 Å². The van der Waals surface area contributed by atoms with Gasteiger partial charge in [0.1, 0.15) is 18.2 Å². The maximum Gasteiger partial charge on any atom is 0.181 e. The highest BCUT2D eigenvalue weighted by atomic mass is 32.1. The molecule has 96 valence electrons. The number of rotatable bonds is 3. The summed E-state index contributed by atoms with van der Waals surface area (Å²) >= 11 is 1.40. The summed E-state index contributed by atoms with van der Waals surface area (Å²) in [7, 11) is 0. The quantitative estimate of drug-likeness (QED) is 0.794. The molecular weight excluding hydrogens is 263 g/mol. The maximum atomic E-state index is 13.4. The van der Waals surface area contributed by atoms with E-state index in [1.807, 2.05) is 18.2 Å². The molecule has 2 aromatic carbocycles. The van der Waals surface area contributed by atoms with Crippen molar-refractivity contribution in [3.63, 3.8) is 0 Å². The second-order valence-corrected chi connectivity index (χ2v) is 5.12. The van der Waals surface area contributed by atoms with E-state index in [-0.39, 0.29) is 12.4 Å². The molecule has 0 radical (unpaired) electrons. The zero-order chi connectivity index (χ0) is 13.2. The number of nitrogens with zero attached hydrogens (tertiary/aromatic N) is 1. The molecular formula is C14H11FN2OS. The third-order valence-electron chi connectivity index (χ3n) is 2.73. The van der Waals surface area contributed by atoms with Gasteiger partial charge in [0, 0.05) is 5.56 Å². The molecule has 0 spiro atoms. The van der Waals surface area contributed by atoms with Gasteiger partial charge in [-0.05, 0) is 24.3 Å². The zero-order valence-corrected chi connectivity index (χ0v) is 10.8. The Bertz CT molecular complexity index is 726. The molecule has 2 N–H and O–H groups in total. The predicted octanol–water partition coefficient (Wildman–Crippen LogP) is 3.60. The molecule has 0 amide bonds. The lowest BCUT2D eigenvalue weighted by Crippen LogP contribution is -1.97. The molecule has 0 aliphatic rings. The van der Waals surface area contributed by atoms with Gasteiger partial charge in [0.25, 0.3) is 0 Å². The van der Waals surface area contributed by atoms with Gasteiger partial charge in [-0.3, -0.25) is 0 Å². The van der Waals surface area contributed by atoms with Crippen molar-refractivity contribution >= 4 is 26.7 Å². The summed E-state index contributed by atoms with van der Waals surface area (Å²) in [6.45, 7) is 0.201. The number of halogens is 1. The highest BCUT2D eigenvalue weighted by molar-refractivity contribution is 7.22. The highest BCUT2D eigenvalue weighted by Crippen LogP contribution is 2.27. The normalized spacial score (nSPS) is 10.8. The summed E-state index contributed by atoms with van der Waals surface area (Å²) in [4.78, 5) is 4.17. The Balaban J connectivity index is 1.80. The van der Waals surface area contributed by atoms with E-state index in [9.17, 15) is 4.39 Å². The van der Waals surface area contributed by atoms with Crippen LogP contribution in [0.3, 0.4) is 0 Å². The minimum atomic E-state index is -0.259. The molecule has 3 aromatic rings. The van der Waals surface area contributed by atoms with Crippen LogP contribution in [0.25, 0.3) is 10.2 Å². The molecule has 0 atom stereocenters. The van der Waals surface area contributed by atoms with Crippen molar-refractivity contribution < 1.29 is 9.13 Å². The number of nitrogen functional groups attached to an aromatic ring is 1. The molecule has 3 rings (SSSR count). The maximum absolute atomic E-state index is 13.4. The van der Waals surface area contributed by atoms with Crippen molar-refractivity contribution in [2.24, 2.45) is 0 Å². The van der Waals surface area contributed by atoms with E-state index in [1.54, 1.807) is 18.2 Å². The van der Waals surface area contributed by atoms with E-state index in [0.29, 0.717) is 16.4 Å². The summed E-state index contributed by atoms with van der Waals surface area (Å²) in [5, 5.41) is 0.529. The first kappa shape index (κ1) is 11.9. The summed E-state index contributed by atoms with van der Waals surface area (Å²) in [5.41, 5.74) is 7.02. The fourth-order valence-corrected chi connectivity index (χ4v) is 2.55. The molecule has 0 fully saturated rings. The number of ether oxygens (including phenoxy) is 1. The van der Waals surface area contributed by atoms with Crippen LogP contribution in [0.1, 0.15) is 5.56 Å². The molecule has 1 heterocycles. The standard InChI is InChI=1S/C14H11FN2OS/c15-11-4-2-1-3-9(11)8-18-10-5-6-12-13(7-10)19-14(16)17-12/h1-7H,8H2,(H2,16,17). The number of fused-ring (bicyclic) bond motifs is 1. The molecule has 0 aliphatic heterocycles. The average molecular weight is 274 g/mol. The summed E-state index contributed by atoms with van der Waals surface area (Å²) in [6.07, 6.45) is 0. The number of thiazole rings is 1. The smallest absolute Gasteiger partial charge is 0.181 e. The van der Waals surface area contributed by atoms with Crippen molar-refractivity contribution in [3.8, 4) is 5.75 Å². The fraction of sp³-hybridized carbons (Fsp3) is 0.0714. The molecule has 3 nitrogen and oxygen atoms in total. The van der Waals surface area contributed by atoms with E-state index in [4.69, 9.17) is 10.5 Å². The molecule has 19 heavy (non-hydrogen) atoms.